The predicted molar refractivity (Wildman–Crippen MR) is 117 cm³/mol. The molecule has 1 aliphatic heterocycles. The summed E-state index contributed by atoms with van der Waals surface area (Å²) in [4.78, 5) is 36.8. The quantitative estimate of drug-likeness (QED) is 0.524. The van der Waals surface area contributed by atoms with Gasteiger partial charge in [-0.1, -0.05) is 30.8 Å². The summed E-state index contributed by atoms with van der Waals surface area (Å²) in [7, 11) is 0. The molecular weight excluding hydrogens is 394 g/mol. The minimum Gasteiger partial charge on any atom is -0.395 e. The fourth-order valence-corrected chi connectivity index (χ4v) is 3.81. The van der Waals surface area contributed by atoms with E-state index < -0.39 is 11.9 Å². The number of carbonyl (C=O) groups excluding carboxylic acids is 3. The lowest BCUT2D eigenvalue weighted by molar-refractivity contribution is -0.118. The van der Waals surface area contributed by atoms with Gasteiger partial charge in [0.05, 0.1) is 17.4 Å². The summed E-state index contributed by atoms with van der Waals surface area (Å²) in [5.74, 6) is -0.640. The van der Waals surface area contributed by atoms with E-state index in [1.165, 1.54) is 0 Å². The summed E-state index contributed by atoms with van der Waals surface area (Å²) < 4.78 is 0. The van der Waals surface area contributed by atoms with Gasteiger partial charge in [0.25, 0.3) is 11.8 Å². The molecule has 1 aliphatic carbocycles. The van der Waals surface area contributed by atoms with Gasteiger partial charge in [0.1, 0.15) is 5.70 Å². The minimum absolute atomic E-state index is 0.00684. The third-order valence-electron chi connectivity index (χ3n) is 5.38. The zero-order chi connectivity index (χ0) is 22.0. The lowest BCUT2D eigenvalue weighted by Gasteiger charge is -2.28. The lowest BCUT2D eigenvalue weighted by Crippen LogP contribution is -2.47. The summed E-state index contributed by atoms with van der Waals surface area (Å²) in [5.41, 5.74) is 9.52. The van der Waals surface area contributed by atoms with E-state index in [1.807, 2.05) is 36.4 Å². The van der Waals surface area contributed by atoms with Crippen molar-refractivity contribution in [3.05, 3.63) is 88.9 Å². The highest BCUT2D eigenvalue weighted by Crippen LogP contribution is 2.32. The maximum absolute atomic E-state index is 12.8. The SMILES string of the molecule is C=C1NC(=O)NC(C(=O)N[C@@H]2CCCc3cc(NC(=O)c4ccccc4)ccc32)=C1N. The molecule has 0 unspecified atom stereocenters. The van der Waals surface area contributed by atoms with E-state index >= 15 is 0 Å². The van der Waals surface area contributed by atoms with Crippen LogP contribution in [0.25, 0.3) is 0 Å². The fourth-order valence-electron chi connectivity index (χ4n) is 3.81. The normalized spacial score (nSPS) is 17.9. The second-order valence-corrected chi connectivity index (χ2v) is 7.50. The summed E-state index contributed by atoms with van der Waals surface area (Å²) in [6.45, 7) is 3.65. The molecule has 0 bridgehead atoms. The third kappa shape index (κ3) is 4.28. The summed E-state index contributed by atoms with van der Waals surface area (Å²) in [6, 6.07) is 13.9. The van der Waals surface area contributed by atoms with Gasteiger partial charge in [-0.3, -0.25) is 9.59 Å². The number of nitrogens with two attached hydrogens (primary N) is 1. The maximum atomic E-state index is 12.8. The summed E-state index contributed by atoms with van der Waals surface area (Å²) >= 11 is 0. The molecule has 0 spiro atoms. The molecule has 2 aliphatic rings. The van der Waals surface area contributed by atoms with Gasteiger partial charge in [0, 0.05) is 11.3 Å². The van der Waals surface area contributed by atoms with Crippen molar-refractivity contribution in [1.82, 2.24) is 16.0 Å². The van der Waals surface area contributed by atoms with Gasteiger partial charge in [0.15, 0.2) is 0 Å². The molecule has 8 heteroatoms. The molecule has 4 rings (SSSR count). The van der Waals surface area contributed by atoms with Crippen molar-refractivity contribution in [2.45, 2.75) is 25.3 Å². The first-order valence-corrected chi connectivity index (χ1v) is 9.99. The van der Waals surface area contributed by atoms with Crippen LogP contribution in [0.5, 0.6) is 0 Å². The molecule has 0 aromatic heterocycles. The highest BCUT2D eigenvalue weighted by atomic mass is 16.2. The lowest BCUT2D eigenvalue weighted by atomic mass is 9.87. The van der Waals surface area contributed by atoms with E-state index in [-0.39, 0.29) is 29.0 Å². The second kappa shape index (κ2) is 8.35. The summed E-state index contributed by atoms with van der Waals surface area (Å²) in [6.07, 6.45) is 2.48. The van der Waals surface area contributed by atoms with E-state index in [0.29, 0.717) is 11.3 Å². The van der Waals surface area contributed by atoms with Crippen molar-refractivity contribution in [3.63, 3.8) is 0 Å². The minimum atomic E-state index is -0.549. The molecule has 0 saturated carbocycles. The number of benzene rings is 2. The molecule has 1 atom stereocenters. The Morgan fingerprint density at radius 1 is 1.06 bits per heavy atom. The predicted octanol–water partition coefficient (Wildman–Crippen LogP) is 2.43. The Labute approximate surface area is 179 Å². The second-order valence-electron chi connectivity index (χ2n) is 7.50. The molecule has 4 amide bonds. The highest BCUT2D eigenvalue weighted by molar-refractivity contribution is 6.04. The number of urea groups is 1. The van der Waals surface area contributed by atoms with E-state index in [2.05, 4.69) is 27.8 Å². The monoisotopic (exact) mass is 417 g/mol. The van der Waals surface area contributed by atoms with Gasteiger partial charge < -0.3 is 27.0 Å². The first-order chi connectivity index (χ1) is 14.9. The van der Waals surface area contributed by atoms with E-state index in [4.69, 9.17) is 5.73 Å². The Morgan fingerprint density at radius 3 is 2.61 bits per heavy atom. The Hall–Kier alpha value is -4.07. The molecule has 0 radical (unpaired) electrons. The number of hydrogen-bond donors (Lipinski definition) is 5. The number of anilines is 1. The van der Waals surface area contributed by atoms with Crippen LogP contribution >= 0.6 is 0 Å². The molecule has 1 heterocycles. The number of fused-ring (bicyclic) bond motifs is 1. The molecule has 0 saturated heterocycles. The van der Waals surface area contributed by atoms with Crippen LogP contribution in [0.15, 0.2) is 72.2 Å². The van der Waals surface area contributed by atoms with Gasteiger partial charge in [-0.05, 0) is 54.7 Å². The van der Waals surface area contributed by atoms with Crippen LogP contribution in [0.2, 0.25) is 0 Å². The van der Waals surface area contributed by atoms with E-state index in [1.54, 1.807) is 12.1 Å². The van der Waals surface area contributed by atoms with Crippen LogP contribution < -0.4 is 27.0 Å². The summed E-state index contributed by atoms with van der Waals surface area (Å²) in [5, 5.41) is 10.7. The van der Waals surface area contributed by atoms with Crippen molar-refractivity contribution < 1.29 is 14.4 Å². The van der Waals surface area contributed by atoms with Crippen molar-refractivity contribution in [2.75, 3.05) is 5.32 Å². The number of nitrogens with one attached hydrogen (secondary N) is 4. The van der Waals surface area contributed by atoms with Crippen molar-refractivity contribution in [2.24, 2.45) is 5.73 Å². The van der Waals surface area contributed by atoms with E-state index in [0.717, 1.165) is 30.4 Å². The van der Waals surface area contributed by atoms with Crippen LogP contribution in [-0.2, 0) is 11.2 Å². The van der Waals surface area contributed by atoms with Crippen molar-refractivity contribution in [1.29, 1.82) is 0 Å². The smallest absolute Gasteiger partial charge is 0.323 e. The van der Waals surface area contributed by atoms with Gasteiger partial charge >= 0.3 is 6.03 Å². The number of rotatable bonds is 4. The molecule has 8 nitrogen and oxygen atoms in total. The average Bonchev–Trinajstić information content (AvgIpc) is 2.76. The highest BCUT2D eigenvalue weighted by Gasteiger charge is 2.28. The van der Waals surface area contributed by atoms with Gasteiger partial charge in [-0.2, -0.15) is 0 Å². The van der Waals surface area contributed by atoms with Crippen LogP contribution in [-0.4, -0.2) is 17.8 Å². The zero-order valence-corrected chi connectivity index (χ0v) is 16.8. The Balaban J connectivity index is 1.50. The molecule has 158 valence electrons. The van der Waals surface area contributed by atoms with E-state index in [9.17, 15) is 14.4 Å². The molecule has 6 N–H and O–H groups in total. The molecule has 2 aromatic rings. The number of hydrogen-bond acceptors (Lipinski definition) is 4. The first kappa shape index (κ1) is 20.2. The Bertz CT molecular complexity index is 1110. The Kier molecular flexibility index (Phi) is 5.44. The number of aryl methyl sites for hydroxylation is 1. The van der Waals surface area contributed by atoms with Crippen LogP contribution in [0.1, 0.15) is 40.4 Å². The zero-order valence-electron chi connectivity index (χ0n) is 16.8. The third-order valence-corrected chi connectivity index (χ3v) is 5.38. The fraction of sp³-hybridized carbons (Fsp3) is 0.174. The van der Waals surface area contributed by atoms with Crippen LogP contribution in [0.3, 0.4) is 0 Å². The van der Waals surface area contributed by atoms with Gasteiger partial charge in [0.2, 0.25) is 0 Å². The van der Waals surface area contributed by atoms with Crippen molar-refractivity contribution in [3.8, 4) is 0 Å². The first-order valence-electron chi connectivity index (χ1n) is 9.99. The number of amides is 4. The molecule has 31 heavy (non-hydrogen) atoms. The number of carbonyl (C=O) groups is 3. The average molecular weight is 417 g/mol. The Morgan fingerprint density at radius 2 is 1.84 bits per heavy atom. The van der Waals surface area contributed by atoms with Crippen LogP contribution in [0, 0.1) is 0 Å². The van der Waals surface area contributed by atoms with Gasteiger partial charge in [-0.15, -0.1) is 0 Å². The maximum Gasteiger partial charge on any atom is 0.323 e. The van der Waals surface area contributed by atoms with Crippen LogP contribution in [0.4, 0.5) is 10.5 Å². The standard InChI is InChI=1S/C23H23N5O3/c1-13-19(24)20(28-23(31)25-13)22(30)27-18-9-5-8-15-12-16(10-11-17(15)18)26-21(29)14-6-3-2-4-7-14/h2-4,6-7,10-12,18H,1,5,8-9,24H2,(H,26,29)(H,27,30)(H2,25,28,31)/t18-/m1/s1. The largest absolute Gasteiger partial charge is 0.395 e. The molecule has 2 aromatic carbocycles. The molecule has 0 fully saturated rings. The topological polar surface area (TPSA) is 125 Å². The molecular formula is C23H23N5O3. The van der Waals surface area contributed by atoms with Gasteiger partial charge in [-0.25, -0.2) is 4.79 Å². The van der Waals surface area contributed by atoms with Crippen molar-refractivity contribution >= 4 is 23.5 Å².